The second-order valence-electron chi connectivity index (χ2n) is 7.68. The number of allylic oxidation sites excluding steroid dienone is 1. The predicted molar refractivity (Wildman–Crippen MR) is 87.9 cm³/mol. The Bertz CT molecular complexity index is 690. The van der Waals surface area contributed by atoms with E-state index in [9.17, 15) is 18.0 Å². The third-order valence-corrected chi connectivity index (χ3v) is 4.71. The number of alkyl halides is 3. The van der Waals surface area contributed by atoms with Gasteiger partial charge in [-0.15, -0.1) is 0 Å². The van der Waals surface area contributed by atoms with Gasteiger partial charge in [-0.25, -0.2) is 9.48 Å². The lowest BCUT2D eigenvalue weighted by Gasteiger charge is -2.56. The minimum absolute atomic E-state index is 0.0677. The molecule has 1 saturated heterocycles. The van der Waals surface area contributed by atoms with Gasteiger partial charge in [0, 0.05) is 30.9 Å². The first kappa shape index (κ1) is 18.2. The van der Waals surface area contributed by atoms with E-state index in [1.807, 2.05) is 20.8 Å². The number of carbonyl (C=O) groups is 1. The number of hydrogen-bond donors (Lipinski definition) is 0. The maximum absolute atomic E-state index is 12.3. The lowest BCUT2D eigenvalue weighted by atomic mass is 9.61. The molecule has 0 atom stereocenters. The van der Waals surface area contributed by atoms with Crippen LogP contribution in [0, 0.1) is 5.41 Å². The molecule has 5 nitrogen and oxygen atoms in total. The lowest BCUT2D eigenvalue weighted by molar-refractivity contribution is -0.0500. The van der Waals surface area contributed by atoms with Crippen molar-refractivity contribution in [3.63, 3.8) is 0 Å². The van der Waals surface area contributed by atoms with Gasteiger partial charge in [-0.1, -0.05) is 5.57 Å². The zero-order valence-electron chi connectivity index (χ0n) is 14.3. The number of thioether (sulfide) groups is 1. The minimum Gasteiger partial charge on any atom is -0.444 e. The largest absolute Gasteiger partial charge is 0.446 e. The number of rotatable bonds is 2. The maximum Gasteiger partial charge on any atom is 0.446 e. The van der Waals surface area contributed by atoms with Gasteiger partial charge in [0.2, 0.25) is 0 Å². The quantitative estimate of drug-likeness (QED) is 0.721. The number of aromatic nitrogens is 2. The fraction of sp³-hybridized carbons (Fsp3) is 0.625. The Kier molecular flexibility index (Phi) is 4.33. The molecular formula is C16H20F3N3O2S. The van der Waals surface area contributed by atoms with Gasteiger partial charge in [0.05, 0.1) is 11.1 Å². The fourth-order valence-electron chi connectivity index (χ4n) is 3.21. The number of nitrogens with zero attached hydrogens (tertiary/aromatic N) is 3. The molecule has 0 N–H and O–H groups in total. The van der Waals surface area contributed by atoms with Crippen LogP contribution >= 0.6 is 11.8 Å². The Morgan fingerprint density at radius 1 is 1.32 bits per heavy atom. The van der Waals surface area contributed by atoms with Crippen LogP contribution in [0.2, 0.25) is 0 Å². The molecule has 1 aromatic heterocycles. The molecule has 138 valence electrons. The molecule has 1 aliphatic heterocycles. The highest BCUT2D eigenvalue weighted by molar-refractivity contribution is 8.00. The second kappa shape index (κ2) is 5.96. The molecule has 1 aromatic rings. The van der Waals surface area contributed by atoms with Crippen LogP contribution in [0.15, 0.2) is 22.9 Å². The van der Waals surface area contributed by atoms with Crippen molar-refractivity contribution in [1.29, 1.82) is 0 Å². The average Bonchev–Trinajstić information content (AvgIpc) is 2.72. The standard InChI is InChI=1S/C16H20F3N3O2S/c1-14(2,3)24-13(23)21-9-15(10-21)4-11(5-15)7-22-8-12(6-20-22)25-16(17,18)19/h6-8H,4-5,9-10H2,1-3H3. The molecule has 0 bridgehead atoms. The van der Waals surface area contributed by atoms with Crippen LogP contribution in [0.4, 0.5) is 18.0 Å². The third-order valence-electron chi connectivity index (χ3n) is 4.03. The topological polar surface area (TPSA) is 47.4 Å². The van der Waals surface area contributed by atoms with Crippen LogP contribution in [0.3, 0.4) is 0 Å². The molecule has 25 heavy (non-hydrogen) atoms. The van der Waals surface area contributed by atoms with E-state index in [2.05, 4.69) is 5.10 Å². The highest BCUT2D eigenvalue weighted by Gasteiger charge is 2.52. The van der Waals surface area contributed by atoms with Crippen LogP contribution in [-0.4, -0.2) is 45.0 Å². The summed E-state index contributed by atoms with van der Waals surface area (Å²) in [5.41, 5.74) is -3.59. The van der Waals surface area contributed by atoms with Crippen molar-refractivity contribution in [2.75, 3.05) is 13.1 Å². The highest BCUT2D eigenvalue weighted by atomic mass is 32.2. The number of hydrogen-bond acceptors (Lipinski definition) is 4. The molecule has 2 aliphatic rings. The molecule has 0 radical (unpaired) electrons. The summed E-state index contributed by atoms with van der Waals surface area (Å²) in [6.45, 7) is 6.82. The molecular weight excluding hydrogens is 355 g/mol. The summed E-state index contributed by atoms with van der Waals surface area (Å²) < 4.78 is 43.7. The molecule has 2 heterocycles. The van der Waals surface area contributed by atoms with Gasteiger partial charge in [-0.3, -0.25) is 0 Å². The number of amides is 1. The summed E-state index contributed by atoms with van der Waals surface area (Å²) in [6, 6.07) is 0. The zero-order valence-corrected chi connectivity index (χ0v) is 15.1. The van der Waals surface area contributed by atoms with E-state index in [0.29, 0.717) is 13.1 Å². The van der Waals surface area contributed by atoms with E-state index in [-0.39, 0.29) is 28.2 Å². The molecule has 3 rings (SSSR count). The van der Waals surface area contributed by atoms with Crippen LogP contribution in [0.5, 0.6) is 0 Å². The molecule has 1 saturated carbocycles. The van der Waals surface area contributed by atoms with Crippen molar-refractivity contribution < 1.29 is 22.7 Å². The first-order chi connectivity index (χ1) is 11.4. The van der Waals surface area contributed by atoms with Crippen molar-refractivity contribution in [3.05, 3.63) is 18.0 Å². The zero-order chi connectivity index (χ0) is 18.5. The predicted octanol–water partition coefficient (Wildman–Crippen LogP) is 4.37. The van der Waals surface area contributed by atoms with E-state index in [1.165, 1.54) is 17.1 Å². The highest BCUT2D eigenvalue weighted by Crippen LogP contribution is 2.52. The third kappa shape index (κ3) is 4.50. The van der Waals surface area contributed by atoms with Crippen LogP contribution < -0.4 is 0 Å². The smallest absolute Gasteiger partial charge is 0.444 e. The van der Waals surface area contributed by atoms with Crippen LogP contribution in [0.25, 0.3) is 6.20 Å². The summed E-state index contributed by atoms with van der Waals surface area (Å²) >= 11 is -0.173. The van der Waals surface area contributed by atoms with Crippen molar-refractivity contribution in [1.82, 2.24) is 14.7 Å². The second-order valence-corrected chi connectivity index (χ2v) is 8.82. The number of halogens is 3. The van der Waals surface area contributed by atoms with Gasteiger partial charge >= 0.3 is 11.6 Å². The first-order valence-corrected chi connectivity index (χ1v) is 8.72. The van der Waals surface area contributed by atoms with Crippen molar-refractivity contribution in [3.8, 4) is 0 Å². The SMILES string of the molecule is CC(C)(C)OC(=O)N1CC2(CC(=Cn3cc(SC(F)(F)F)cn3)C2)C1. The molecule has 0 unspecified atom stereocenters. The molecule has 1 aliphatic carbocycles. The minimum atomic E-state index is -4.31. The Balaban J connectivity index is 1.49. The molecule has 0 aromatic carbocycles. The molecule has 1 amide bonds. The Labute approximate surface area is 148 Å². The number of ether oxygens (including phenoxy) is 1. The van der Waals surface area contributed by atoms with E-state index in [4.69, 9.17) is 4.74 Å². The Morgan fingerprint density at radius 3 is 2.52 bits per heavy atom. The van der Waals surface area contributed by atoms with Gasteiger partial charge in [-0.2, -0.15) is 18.3 Å². The van der Waals surface area contributed by atoms with E-state index < -0.39 is 11.1 Å². The van der Waals surface area contributed by atoms with Gasteiger partial charge in [0.1, 0.15) is 5.60 Å². The van der Waals surface area contributed by atoms with Crippen LogP contribution in [-0.2, 0) is 4.74 Å². The summed E-state index contributed by atoms with van der Waals surface area (Å²) in [5, 5.41) is 3.93. The molecule has 9 heteroatoms. The van der Waals surface area contributed by atoms with Gasteiger partial charge in [0.15, 0.2) is 0 Å². The fourth-order valence-corrected chi connectivity index (χ4v) is 3.74. The van der Waals surface area contributed by atoms with Gasteiger partial charge < -0.3 is 9.64 Å². The normalized spacial score (nSPS) is 19.4. The summed E-state index contributed by atoms with van der Waals surface area (Å²) in [4.78, 5) is 13.7. The molecule has 2 fully saturated rings. The van der Waals surface area contributed by atoms with Crippen molar-refractivity contribution >= 4 is 24.1 Å². The Morgan fingerprint density at radius 2 is 1.96 bits per heavy atom. The number of likely N-dealkylation sites (tertiary alicyclic amines) is 1. The first-order valence-electron chi connectivity index (χ1n) is 7.91. The summed E-state index contributed by atoms with van der Waals surface area (Å²) in [7, 11) is 0. The maximum atomic E-state index is 12.3. The summed E-state index contributed by atoms with van der Waals surface area (Å²) in [6.07, 6.45) is 5.70. The lowest BCUT2D eigenvalue weighted by Crippen LogP contribution is -2.62. The summed E-state index contributed by atoms with van der Waals surface area (Å²) in [5.74, 6) is 0. The Hall–Kier alpha value is -1.64. The van der Waals surface area contributed by atoms with E-state index in [1.54, 1.807) is 11.1 Å². The van der Waals surface area contributed by atoms with Gasteiger partial charge in [0.25, 0.3) is 0 Å². The average molecular weight is 375 g/mol. The monoisotopic (exact) mass is 375 g/mol. The van der Waals surface area contributed by atoms with Crippen LogP contribution in [0.1, 0.15) is 33.6 Å². The van der Waals surface area contributed by atoms with Gasteiger partial charge in [-0.05, 0) is 45.4 Å². The van der Waals surface area contributed by atoms with Crippen molar-refractivity contribution in [2.45, 2.75) is 49.6 Å². The van der Waals surface area contributed by atoms with E-state index >= 15 is 0 Å². The van der Waals surface area contributed by atoms with Crippen molar-refractivity contribution in [2.24, 2.45) is 5.41 Å². The number of carbonyl (C=O) groups excluding carboxylic acids is 1. The van der Waals surface area contributed by atoms with E-state index in [0.717, 1.165) is 18.4 Å². The molecule has 1 spiro atoms.